The number of guanidine groups is 1. The van der Waals surface area contributed by atoms with Gasteiger partial charge in [0.25, 0.3) is 0 Å². The smallest absolute Gasteiger partial charge is 0.321 e. The molecule has 8 heteroatoms. The number of nitrogens with one attached hydrogen (secondary N) is 1. The van der Waals surface area contributed by atoms with E-state index in [4.69, 9.17) is 9.73 Å². The fourth-order valence-corrected chi connectivity index (χ4v) is 3.94. The summed E-state index contributed by atoms with van der Waals surface area (Å²) in [6.07, 6.45) is 0. The van der Waals surface area contributed by atoms with Gasteiger partial charge in [0.05, 0.1) is 6.61 Å². The molecule has 2 aromatic carbocycles. The van der Waals surface area contributed by atoms with Crippen molar-refractivity contribution in [3.63, 3.8) is 0 Å². The van der Waals surface area contributed by atoms with Gasteiger partial charge < -0.3 is 14.5 Å². The largest absolute Gasteiger partial charge is 0.465 e. The average Bonchev–Trinajstić information content (AvgIpc) is 2.80. The van der Waals surface area contributed by atoms with Gasteiger partial charge in [-0.25, -0.2) is 9.38 Å². The number of esters is 1. The van der Waals surface area contributed by atoms with Crippen molar-refractivity contribution >= 4 is 23.5 Å². The van der Waals surface area contributed by atoms with Gasteiger partial charge in [-0.15, -0.1) is 0 Å². The molecule has 0 spiro atoms. The molecule has 1 fully saturated rings. The topological polar surface area (TPSA) is 74.2 Å². The molecule has 1 amide bonds. The van der Waals surface area contributed by atoms with Crippen molar-refractivity contribution < 1.29 is 18.7 Å². The molecule has 31 heavy (non-hydrogen) atoms. The van der Waals surface area contributed by atoms with Crippen LogP contribution in [-0.2, 0) is 14.3 Å². The molecule has 1 saturated heterocycles. The molecule has 2 heterocycles. The second-order valence-electron chi connectivity index (χ2n) is 7.48. The summed E-state index contributed by atoms with van der Waals surface area (Å²) in [6.45, 7) is 4.76. The molecular weight excluding hydrogens is 399 g/mol. The molecule has 7 nitrogen and oxygen atoms in total. The van der Waals surface area contributed by atoms with Crippen LogP contribution in [0.5, 0.6) is 0 Å². The first kappa shape index (κ1) is 20.8. The maximum atomic E-state index is 13.4. The van der Waals surface area contributed by atoms with Crippen LogP contribution in [0.15, 0.2) is 59.6 Å². The zero-order chi connectivity index (χ0) is 21.8. The molecule has 0 saturated carbocycles. The minimum atomic E-state index is -1.11. The van der Waals surface area contributed by atoms with Gasteiger partial charge in [-0.1, -0.05) is 30.3 Å². The Bertz CT molecular complexity index is 957. The fraction of sp³-hybridized carbons (Fsp3) is 0.348. The molecular formula is C23H25FN4O3. The van der Waals surface area contributed by atoms with Gasteiger partial charge in [-0.2, -0.15) is 0 Å². The Morgan fingerprint density at radius 3 is 2.35 bits per heavy atom. The Kier molecular flexibility index (Phi) is 6.16. The number of hydrogen-bond acceptors (Lipinski definition) is 6. The zero-order valence-electron chi connectivity index (χ0n) is 17.3. The third kappa shape index (κ3) is 4.52. The molecule has 0 aliphatic carbocycles. The molecule has 2 aliphatic heterocycles. The molecule has 0 unspecified atom stereocenters. The number of ether oxygens (including phenoxy) is 1. The molecule has 1 N–H and O–H groups in total. The van der Waals surface area contributed by atoms with Gasteiger partial charge in [0, 0.05) is 31.9 Å². The van der Waals surface area contributed by atoms with Crippen molar-refractivity contribution in [2.45, 2.75) is 13.0 Å². The van der Waals surface area contributed by atoms with Gasteiger partial charge in [0.15, 0.2) is 5.92 Å². The Labute approximate surface area is 180 Å². The quantitative estimate of drug-likeness (QED) is 0.603. The van der Waals surface area contributed by atoms with Gasteiger partial charge >= 0.3 is 5.97 Å². The van der Waals surface area contributed by atoms with Gasteiger partial charge in [-0.05, 0) is 36.8 Å². The van der Waals surface area contributed by atoms with Gasteiger partial charge in [0.1, 0.15) is 11.9 Å². The minimum absolute atomic E-state index is 0.163. The second kappa shape index (κ2) is 9.16. The molecule has 0 aromatic heterocycles. The number of halogens is 1. The van der Waals surface area contributed by atoms with E-state index < -0.39 is 29.7 Å². The highest BCUT2D eigenvalue weighted by atomic mass is 19.1. The summed E-state index contributed by atoms with van der Waals surface area (Å²) in [5.74, 6) is -2.15. The van der Waals surface area contributed by atoms with Crippen LogP contribution in [0.25, 0.3) is 0 Å². The molecule has 2 aliphatic rings. The summed E-state index contributed by atoms with van der Waals surface area (Å²) in [7, 11) is 0. The predicted molar refractivity (Wildman–Crippen MR) is 115 cm³/mol. The number of aliphatic imine (C=N–C) groups is 1. The van der Waals surface area contributed by atoms with E-state index in [2.05, 4.69) is 22.3 Å². The maximum absolute atomic E-state index is 13.4. The van der Waals surface area contributed by atoms with E-state index in [0.717, 1.165) is 18.8 Å². The van der Waals surface area contributed by atoms with Crippen LogP contribution in [0.4, 0.5) is 10.1 Å². The van der Waals surface area contributed by atoms with E-state index in [9.17, 15) is 14.0 Å². The van der Waals surface area contributed by atoms with Crippen LogP contribution in [0.1, 0.15) is 18.5 Å². The first-order valence-corrected chi connectivity index (χ1v) is 10.4. The Morgan fingerprint density at radius 2 is 1.71 bits per heavy atom. The van der Waals surface area contributed by atoms with E-state index >= 15 is 0 Å². The zero-order valence-corrected chi connectivity index (χ0v) is 17.3. The Hall–Kier alpha value is -3.42. The molecule has 4 rings (SSSR count). The maximum Gasteiger partial charge on any atom is 0.321 e. The molecule has 2 aromatic rings. The van der Waals surface area contributed by atoms with Crippen LogP contribution in [0.3, 0.4) is 0 Å². The van der Waals surface area contributed by atoms with Crippen molar-refractivity contribution in [2.24, 2.45) is 10.9 Å². The highest BCUT2D eigenvalue weighted by molar-refractivity contribution is 6.08. The lowest BCUT2D eigenvalue weighted by Crippen LogP contribution is -2.57. The number of hydrogen-bond donors (Lipinski definition) is 1. The van der Waals surface area contributed by atoms with Crippen LogP contribution < -0.4 is 10.2 Å². The number of nitrogens with zero attached hydrogens (tertiary/aromatic N) is 3. The fourth-order valence-electron chi connectivity index (χ4n) is 3.94. The number of amides is 1. The van der Waals surface area contributed by atoms with Crippen LogP contribution in [0.2, 0.25) is 0 Å². The van der Waals surface area contributed by atoms with Gasteiger partial charge in [0.2, 0.25) is 11.9 Å². The minimum Gasteiger partial charge on any atom is -0.465 e. The van der Waals surface area contributed by atoms with E-state index in [-0.39, 0.29) is 6.61 Å². The monoisotopic (exact) mass is 424 g/mol. The van der Waals surface area contributed by atoms with Crippen LogP contribution in [-0.4, -0.2) is 55.5 Å². The lowest BCUT2D eigenvalue weighted by molar-refractivity contribution is -0.153. The summed E-state index contributed by atoms with van der Waals surface area (Å²) in [6, 6.07) is 15.1. The average molecular weight is 424 g/mol. The van der Waals surface area contributed by atoms with Gasteiger partial charge in [-0.3, -0.25) is 14.9 Å². The lowest BCUT2D eigenvalue weighted by atomic mass is 9.91. The molecule has 2 atom stereocenters. The Balaban J connectivity index is 1.56. The standard InChI is InChI=1S/C23H25FN4O3/c1-2-31-22(30)19-20(16-8-10-17(24)11-9-16)25-23(26-21(19)29)28-14-12-27(13-15-28)18-6-4-3-5-7-18/h3-11,19-20H,2,12-15H2,1H3,(H,25,26,29)/t19-,20-/m1/s1. The SMILES string of the molecule is CCOC(=O)[C@H]1C(=O)NC(N2CCN(c3ccccc3)CC2)=N[C@@H]1c1ccc(F)cc1. The predicted octanol–water partition coefficient (Wildman–Crippen LogP) is 2.35. The number of rotatable bonds is 4. The highest BCUT2D eigenvalue weighted by Gasteiger charge is 2.42. The number of carbonyl (C=O) groups excluding carboxylic acids is 2. The first-order chi connectivity index (χ1) is 15.1. The Morgan fingerprint density at radius 1 is 1.06 bits per heavy atom. The normalized spacial score (nSPS) is 21.4. The van der Waals surface area contributed by atoms with E-state index in [1.165, 1.54) is 12.1 Å². The molecule has 0 radical (unpaired) electrons. The number of piperazine rings is 1. The summed E-state index contributed by atoms with van der Waals surface area (Å²) in [5.41, 5.74) is 1.75. The van der Waals surface area contributed by atoms with Crippen molar-refractivity contribution in [1.29, 1.82) is 0 Å². The molecule has 162 valence electrons. The molecule has 0 bridgehead atoms. The summed E-state index contributed by atoms with van der Waals surface area (Å²) < 4.78 is 18.5. The highest BCUT2D eigenvalue weighted by Crippen LogP contribution is 2.31. The van der Waals surface area contributed by atoms with Crippen molar-refractivity contribution in [3.8, 4) is 0 Å². The van der Waals surface area contributed by atoms with Crippen molar-refractivity contribution in [3.05, 3.63) is 66.0 Å². The number of anilines is 1. The summed E-state index contributed by atoms with van der Waals surface area (Å²) in [4.78, 5) is 34.4. The second-order valence-corrected chi connectivity index (χ2v) is 7.48. The summed E-state index contributed by atoms with van der Waals surface area (Å²) in [5, 5.41) is 2.78. The third-order valence-corrected chi connectivity index (χ3v) is 5.55. The van der Waals surface area contributed by atoms with Crippen LogP contribution >= 0.6 is 0 Å². The van der Waals surface area contributed by atoms with Crippen molar-refractivity contribution in [2.75, 3.05) is 37.7 Å². The summed E-state index contributed by atoms with van der Waals surface area (Å²) >= 11 is 0. The number of para-hydroxylation sites is 1. The first-order valence-electron chi connectivity index (χ1n) is 10.4. The number of carbonyl (C=O) groups is 2. The van der Waals surface area contributed by atoms with E-state index in [0.29, 0.717) is 24.6 Å². The lowest BCUT2D eigenvalue weighted by Gasteiger charge is -2.39. The number of benzene rings is 2. The third-order valence-electron chi connectivity index (χ3n) is 5.55. The van der Waals surface area contributed by atoms with E-state index in [1.807, 2.05) is 23.1 Å². The van der Waals surface area contributed by atoms with Crippen molar-refractivity contribution in [1.82, 2.24) is 10.2 Å². The van der Waals surface area contributed by atoms with E-state index in [1.54, 1.807) is 19.1 Å². The van der Waals surface area contributed by atoms with Crippen LogP contribution in [0, 0.1) is 11.7 Å².